The molecule has 5 aliphatic heterocycles. The third kappa shape index (κ3) is 9.15. The number of carbonyl (C=O) groups excluding carboxylic acids is 1. The molecule has 10 aliphatic carbocycles. The maximum atomic E-state index is 16.6. The first-order chi connectivity index (χ1) is 47.7. The number of nitrogens with two attached hydrogens (primary N) is 1. The molecular weight excluding hydrogens is 1240 g/mol. The summed E-state index contributed by atoms with van der Waals surface area (Å²) in [6.07, 6.45) is 27.7. The number of hydrogen-bond donors (Lipinski definition) is 11. The molecule has 4 aromatic rings. The van der Waals surface area contributed by atoms with Crippen LogP contribution < -0.4 is 31.8 Å². The molecule has 99 heavy (non-hydrogen) atoms. The van der Waals surface area contributed by atoms with Crippen LogP contribution in [0.3, 0.4) is 0 Å². The molecule has 15 aliphatic rings. The third-order valence-electron chi connectivity index (χ3n) is 28.5. The minimum Gasteiger partial charge on any atom is -0.508 e. The average molecular weight is 1340 g/mol. The number of rotatable bonds is 10. The van der Waals surface area contributed by atoms with Crippen molar-refractivity contribution in [2.45, 2.75) is 215 Å². The summed E-state index contributed by atoms with van der Waals surface area (Å²) in [7, 11) is 0. The molecule has 18 atom stereocenters. The number of benzene rings is 3. The normalized spacial score (nSPS) is 36.8. The Morgan fingerprint density at radius 3 is 2.58 bits per heavy atom. The van der Waals surface area contributed by atoms with E-state index in [0.717, 1.165) is 70.2 Å². The zero-order chi connectivity index (χ0) is 68.1. The summed E-state index contributed by atoms with van der Waals surface area (Å²) < 4.78 is 22.4. The number of nitrogens with one attached hydrogen (secondary N) is 3. The van der Waals surface area contributed by atoms with Gasteiger partial charge in [-0.25, -0.2) is 4.79 Å². The number of aliphatic hydroxyl groups is 5. The van der Waals surface area contributed by atoms with Crippen molar-refractivity contribution in [1.82, 2.24) is 16.0 Å². The van der Waals surface area contributed by atoms with Gasteiger partial charge in [-0.15, -0.1) is 0 Å². The fourth-order valence-corrected chi connectivity index (χ4v) is 24.4. The molecule has 0 radical (unpaired) electrons. The highest BCUT2D eigenvalue weighted by Crippen LogP contribution is 2.73. The SMILES string of the molecule is CC=C(C(=O)OC1Cc2c3c(c4oc(CO)cc(=O)c4c2O)C2C4=CCNC(N)=C4C(C4CCC5=C6C=CC(C)NC6NC=C5CC4C1(C)O3)C1(CCCC1)Cc1ccc(O)cc1C2CO)C1(O)CC2c3cccc4c3C35CC1C2C=C3C=CC(CC(O)CC(C)C1CCCC1)(C5)C4O. The topological polar surface area (TPSA) is 269 Å². The Kier molecular flexibility index (Phi) is 14.8. The second kappa shape index (κ2) is 22.9. The van der Waals surface area contributed by atoms with E-state index in [9.17, 15) is 35.7 Å². The Balaban J connectivity index is 0.813. The molecule has 1 aromatic heterocycles. The number of phenols is 2. The van der Waals surface area contributed by atoms with Crippen molar-refractivity contribution >= 4 is 16.9 Å². The highest BCUT2D eigenvalue weighted by molar-refractivity contribution is 5.93. The van der Waals surface area contributed by atoms with Crippen LogP contribution in [-0.4, -0.2) is 90.5 Å². The van der Waals surface area contributed by atoms with Crippen LogP contribution in [-0.2, 0) is 34.4 Å². The molecule has 6 heterocycles. The number of hydrogen-bond acceptors (Lipinski definition) is 16. The fourth-order valence-electron chi connectivity index (χ4n) is 24.4. The highest BCUT2D eigenvalue weighted by Gasteiger charge is 2.69. The molecule has 2 spiro atoms. The predicted molar refractivity (Wildman–Crippen MR) is 375 cm³/mol. The number of aliphatic hydroxyl groups excluding tert-OH is 4. The van der Waals surface area contributed by atoms with Crippen LogP contribution in [0.25, 0.3) is 11.0 Å². The van der Waals surface area contributed by atoms with Gasteiger partial charge in [0.1, 0.15) is 69.9 Å². The van der Waals surface area contributed by atoms with Gasteiger partial charge in [-0.1, -0.05) is 112 Å². The van der Waals surface area contributed by atoms with Crippen LogP contribution in [0.4, 0.5) is 0 Å². The monoisotopic (exact) mass is 1340 g/mol. The van der Waals surface area contributed by atoms with E-state index in [-0.39, 0.29) is 88.1 Å². The second-order valence-corrected chi connectivity index (χ2v) is 33.3. The number of allylic oxidation sites excluding steroid dienone is 8. The van der Waals surface area contributed by atoms with E-state index in [4.69, 9.17) is 19.6 Å². The van der Waals surface area contributed by atoms with Gasteiger partial charge >= 0.3 is 5.97 Å². The molecule has 9 bridgehead atoms. The molecule has 16 nitrogen and oxygen atoms in total. The Morgan fingerprint density at radius 2 is 1.79 bits per heavy atom. The van der Waals surface area contributed by atoms with E-state index in [2.05, 4.69) is 91.5 Å². The van der Waals surface area contributed by atoms with Crippen molar-refractivity contribution in [2.75, 3.05) is 13.2 Å². The van der Waals surface area contributed by atoms with E-state index in [0.29, 0.717) is 81.1 Å². The summed E-state index contributed by atoms with van der Waals surface area (Å²) in [5, 5.41) is 98.5. The smallest absolute Gasteiger partial charge is 0.337 e. The van der Waals surface area contributed by atoms with Gasteiger partial charge in [0.2, 0.25) is 0 Å². The lowest BCUT2D eigenvalue weighted by molar-refractivity contribution is -0.173. The van der Waals surface area contributed by atoms with Crippen molar-refractivity contribution in [3.63, 3.8) is 0 Å². The second-order valence-electron chi connectivity index (χ2n) is 33.3. The molecule has 16 heteroatoms. The van der Waals surface area contributed by atoms with Crippen LogP contribution in [0.15, 0.2) is 145 Å². The molecule has 4 saturated carbocycles. The van der Waals surface area contributed by atoms with Gasteiger partial charge in [0.25, 0.3) is 0 Å². The van der Waals surface area contributed by atoms with Crippen LogP contribution in [0.1, 0.15) is 199 Å². The van der Waals surface area contributed by atoms with E-state index < -0.39 is 99.8 Å². The number of fused-ring (bicyclic) bond motifs is 12. The number of phenolic OH excluding ortho intramolecular Hbond substituents is 2. The molecule has 12 N–H and O–H groups in total. The number of aromatic hydroxyl groups is 2. The zero-order valence-corrected chi connectivity index (χ0v) is 57.4. The molecule has 0 saturated heterocycles. The van der Waals surface area contributed by atoms with Crippen molar-refractivity contribution in [1.29, 1.82) is 0 Å². The Hall–Kier alpha value is -7.18. The van der Waals surface area contributed by atoms with E-state index in [1.807, 2.05) is 19.1 Å². The van der Waals surface area contributed by atoms with Crippen LogP contribution >= 0.6 is 0 Å². The quantitative estimate of drug-likeness (QED) is 0.0520. The molecule has 3 aromatic carbocycles. The maximum absolute atomic E-state index is 16.6. The zero-order valence-electron chi connectivity index (χ0n) is 57.4. The molecule has 0 amide bonds. The van der Waals surface area contributed by atoms with E-state index in [1.54, 1.807) is 18.2 Å². The summed E-state index contributed by atoms with van der Waals surface area (Å²) >= 11 is 0. The summed E-state index contributed by atoms with van der Waals surface area (Å²) in [6.45, 7) is 7.58. The first-order valence-corrected chi connectivity index (χ1v) is 37.4. The van der Waals surface area contributed by atoms with Gasteiger partial charge in [0, 0.05) is 76.9 Å². The molecule has 19 rings (SSSR count). The number of esters is 1. The van der Waals surface area contributed by atoms with E-state index in [1.165, 1.54) is 48.5 Å². The lowest BCUT2D eigenvalue weighted by Gasteiger charge is -2.57. The molecular formula is C83H96N4O12. The minimum absolute atomic E-state index is 0.0122. The maximum Gasteiger partial charge on any atom is 0.337 e. The van der Waals surface area contributed by atoms with Crippen molar-refractivity contribution in [2.24, 2.45) is 58.0 Å². The van der Waals surface area contributed by atoms with Crippen LogP contribution in [0, 0.1) is 52.3 Å². The van der Waals surface area contributed by atoms with Gasteiger partial charge in [0.15, 0.2) is 5.43 Å². The van der Waals surface area contributed by atoms with Gasteiger partial charge in [-0.2, -0.15) is 0 Å². The third-order valence-corrected chi connectivity index (χ3v) is 28.5. The van der Waals surface area contributed by atoms with Gasteiger partial charge < -0.3 is 66.0 Å². The largest absolute Gasteiger partial charge is 0.508 e. The summed E-state index contributed by atoms with van der Waals surface area (Å²) in [6, 6.07) is 13.1. The van der Waals surface area contributed by atoms with Crippen LogP contribution in [0.5, 0.6) is 17.2 Å². The first-order valence-electron chi connectivity index (χ1n) is 37.4. The van der Waals surface area contributed by atoms with Crippen LogP contribution in [0.2, 0.25) is 0 Å². The Morgan fingerprint density at radius 1 is 0.980 bits per heavy atom. The van der Waals surface area contributed by atoms with Crippen molar-refractivity contribution in [3.05, 3.63) is 191 Å². The number of ether oxygens (including phenoxy) is 2. The summed E-state index contributed by atoms with van der Waals surface area (Å²) in [5.74, 6) is -3.04. The Bertz CT molecular complexity index is 4440. The number of dihydropyridines is 2. The van der Waals surface area contributed by atoms with Crippen molar-refractivity contribution in [3.8, 4) is 17.2 Å². The van der Waals surface area contributed by atoms with Gasteiger partial charge in [0.05, 0.1) is 24.4 Å². The molecule has 18 unspecified atom stereocenters. The first kappa shape index (κ1) is 64.0. The van der Waals surface area contributed by atoms with Gasteiger partial charge in [-0.3, -0.25) is 10.1 Å². The lowest BCUT2D eigenvalue weighted by Crippen LogP contribution is -2.60. The van der Waals surface area contributed by atoms with E-state index >= 15 is 9.59 Å². The Labute approximate surface area is 578 Å². The average Bonchev–Trinajstić information content (AvgIpc) is 1.54. The van der Waals surface area contributed by atoms with Crippen molar-refractivity contribution < 1.29 is 54.4 Å². The summed E-state index contributed by atoms with van der Waals surface area (Å²) in [4.78, 5) is 31.7. The number of carbonyl (C=O) groups is 1. The highest BCUT2D eigenvalue weighted by atomic mass is 16.6. The molecule has 520 valence electrons. The molecule has 4 fully saturated rings. The fraction of sp³-hybridized carbons (Fsp3) is 0.542. The lowest BCUT2D eigenvalue weighted by atomic mass is 9.47. The predicted octanol–water partition coefficient (Wildman–Crippen LogP) is 11.3. The van der Waals surface area contributed by atoms with Gasteiger partial charge in [-0.05, 0) is 206 Å². The minimum atomic E-state index is -1.70. The standard InChI is InChI=1S/C83H96N4O12/c1-5-61(83(96)35-59-51-13-10-14-55-70(51)82-36-63(83)57(59)29-46(82)21-25-81(40-82,75(55)94)34-48(91)27-41(2)43-11-6-7-12-43)78(95)98-65-32-58-72(93)68-64(92)31-49(38-88)97-74(68)69-66-54-22-26-85-76(84)67(54)71(80(23-8-9-24-80)33-44-16-17-47(90)30-56(44)60(66)39-89)53-20-19-50-45(28-62(53)79(65,4)99-73(58)69)37-86-77-52(50)18-15-42(3)87-77/h5,10,13-18,21-22,25,29-31,37,41-43,48,53,57,59-60,62-63,65-66,71,75,77,85-91,93-94,96H,6-9,11-12,19-20,23-24,26-28,32-36,38-40,84H2,1-4H3. The summed E-state index contributed by atoms with van der Waals surface area (Å²) in [5.41, 5.74) is 14.1.